The molecule has 0 saturated carbocycles. The molecule has 12 heteroatoms. The standard InChI is InChI=1S/C28H24F3N3O5S/c1-33-10-11-39-25-9-6-18(14-23(25)33)3-2-12-40(37,38)34-22(13-19-4-7-20(8-5-19)27(35)36)15-21-16-26(28(29,30)31)32-17-24(21)34/h2-9,14-17H,10-13H2,1H3,(H,35,36). The van der Waals surface area contributed by atoms with Gasteiger partial charge in [0.2, 0.25) is 10.0 Å². The second-order valence-corrected chi connectivity index (χ2v) is 11.2. The van der Waals surface area contributed by atoms with Crippen LogP contribution < -0.4 is 9.64 Å². The van der Waals surface area contributed by atoms with E-state index in [-0.39, 0.29) is 28.6 Å². The van der Waals surface area contributed by atoms with E-state index in [1.807, 2.05) is 24.1 Å². The van der Waals surface area contributed by atoms with Crippen molar-refractivity contribution in [2.24, 2.45) is 0 Å². The number of anilines is 1. The maximum Gasteiger partial charge on any atom is 0.433 e. The van der Waals surface area contributed by atoms with Gasteiger partial charge in [-0.25, -0.2) is 22.2 Å². The minimum Gasteiger partial charge on any atom is -0.490 e. The molecule has 0 radical (unpaired) electrons. The van der Waals surface area contributed by atoms with Gasteiger partial charge in [-0.2, -0.15) is 13.2 Å². The second-order valence-electron chi connectivity index (χ2n) is 9.38. The van der Waals surface area contributed by atoms with Crippen molar-refractivity contribution < 1.29 is 36.2 Å². The van der Waals surface area contributed by atoms with Gasteiger partial charge in [0.25, 0.3) is 0 Å². The summed E-state index contributed by atoms with van der Waals surface area (Å²) in [7, 11) is -2.15. The lowest BCUT2D eigenvalue weighted by atomic mass is 10.1. The molecule has 40 heavy (non-hydrogen) atoms. The highest BCUT2D eigenvalue weighted by Crippen LogP contribution is 2.33. The van der Waals surface area contributed by atoms with Gasteiger partial charge in [0.15, 0.2) is 0 Å². The lowest BCUT2D eigenvalue weighted by molar-refractivity contribution is -0.141. The van der Waals surface area contributed by atoms with Gasteiger partial charge < -0.3 is 14.7 Å². The van der Waals surface area contributed by atoms with E-state index in [1.54, 1.807) is 12.1 Å². The van der Waals surface area contributed by atoms with Crippen LogP contribution in [0.5, 0.6) is 5.75 Å². The zero-order valence-electron chi connectivity index (χ0n) is 21.2. The Kier molecular flexibility index (Phi) is 7.05. The number of likely N-dealkylation sites (N-methyl/N-ethyl adjacent to an activating group) is 1. The number of carbonyl (C=O) groups is 1. The molecular formula is C28H24F3N3O5S. The molecule has 4 aromatic rings. The predicted octanol–water partition coefficient (Wildman–Crippen LogP) is 5.06. The van der Waals surface area contributed by atoms with Crippen LogP contribution in [0.2, 0.25) is 0 Å². The average molecular weight is 572 g/mol. The van der Waals surface area contributed by atoms with E-state index in [4.69, 9.17) is 9.84 Å². The first-order chi connectivity index (χ1) is 18.9. The van der Waals surface area contributed by atoms with Gasteiger partial charge >= 0.3 is 12.1 Å². The van der Waals surface area contributed by atoms with Gasteiger partial charge in [0, 0.05) is 24.5 Å². The Balaban J connectivity index is 1.50. The van der Waals surface area contributed by atoms with Crippen LogP contribution in [-0.4, -0.2) is 54.4 Å². The number of fused-ring (bicyclic) bond motifs is 2. The number of rotatable bonds is 7. The molecule has 2 aromatic carbocycles. The third-order valence-electron chi connectivity index (χ3n) is 6.57. The number of halogens is 3. The third-order valence-corrected chi connectivity index (χ3v) is 8.17. The van der Waals surface area contributed by atoms with Gasteiger partial charge in [-0.05, 0) is 47.5 Å². The number of carboxylic acid groups (broad SMARTS) is 1. The Morgan fingerprint density at radius 3 is 2.58 bits per heavy atom. The van der Waals surface area contributed by atoms with Crippen molar-refractivity contribution in [1.29, 1.82) is 0 Å². The lowest BCUT2D eigenvalue weighted by Gasteiger charge is -2.27. The molecule has 0 aliphatic carbocycles. The van der Waals surface area contributed by atoms with Crippen LogP contribution >= 0.6 is 0 Å². The molecule has 8 nitrogen and oxygen atoms in total. The number of benzene rings is 2. The largest absolute Gasteiger partial charge is 0.490 e. The second kappa shape index (κ2) is 10.3. The van der Waals surface area contributed by atoms with E-state index < -0.39 is 33.6 Å². The van der Waals surface area contributed by atoms with E-state index >= 15 is 0 Å². The van der Waals surface area contributed by atoms with Crippen molar-refractivity contribution in [1.82, 2.24) is 8.96 Å². The third kappa shape index (κ3) is 5.53. The Bertz CT molecular complexity index is 1730. The Morgan fingerprint density at radius 1 is 1.12 bits per heavy atom. The number of aromatic nitrogens is 2. The van der Waals surface area contributed by atoms with Crippen LogP contribution in [0.3, 0.4) is 0 Å². The number of pyridine rings is 1. The molecule has 0 bridgehead atoms. The topological polar surface area (TPSA) is 102 Å². The van der Waals surface area contributed by atoms with E-state index in [0.717, 1.165) is 39.8 Å². The molecule has 1 aliphatic rings. The fourth-order valence-corrected chi connectivity index (χ4v) is 5.99. The highest BCUT2D eigenvalue weighted by molar-refractivity contribution is 7.90. The number of hydrogen-bond donors (Lipinski definition) is 1. The van der Waals surface area contributed by atoms with E-state index in [9.17, 15) is 26.4 Å². The van der Waals surface area contributed by atoms with Gasteiger partial charge in [-0.1, -0.05) is 30.4 Å². The van der Waals surface area contributed by atoms with Crippen molar-refractivity contribution >= 4 is 38.7 Å². The van der Waals surface area contributed by atoms with E-state index in [1.165, 1.54) is 36.4 Å². The van der Waals surface area contributed by atoms with Crippen molar-refractivity contribution in [2.45, 2.75) is 12.6 Å². The number of carboxylic acids is 1. The minimum absolute atomic E-state index is 0.0195. The molecule has 208 valence electrons. The predicted molar refractivity (Wildman–Crippen MR) is 144 cm³/mol. The number of alkyl halides is 3. The molecule has 0 fully saturated rings. The Hall–Kier alpha value is -4.32. The lowest BCUT2D eigenvalue weighted by Crippen LogP contribution is -2.28. The van der Waals surface area contributed by atoms with E-state index in [2.05, 4.69) is 4.98 Å². The number of nitrogens with zero attached hydrogens (tertiary/aromatic N) is 3. The molecule has 3 heterocycles. The van der Waals surface area contributed by atoms with Gasteiger partial charge in [-0.15, -0.1) is 0 Å². The van der Waals surface area contributed by atoms with E-state index in [0.29, 0.717) is 12.2 Å². The molecule has 0 saturated heterocycles. The van der Waals surface area contributed by atoms with Crippen LogP contribution in [-0.2, 0) is 22.6 Å². The van der Waals surface area contributed by atoms with Crippen LogP contribution in [0.15, 0.2) is 66.9 Å². The Morgan fingerprint density at radius 2 is 1.88 bits per heavy atom. The summed E-state index contributed by atoms with van der Waals surface area (Å²) < 4.78 is 73.7. The number of aromatic carboxylic acids is 1. The summed E-state index contributed by atoms with van der Waals surface area (Å²) in [4.78, 5) is 16.7. The fraction of sp³-hybridized carbons (Fsp3) is 0.214. The maximum atomic E-state index is 13.6. The first-order valence-electron chi connectivity index (χ1n) is 12.2. The molecule has 0 amide bonds. The van der Waals surface area contributed by atoms with Crippen LogP contribution in [0.1, 0.15) is 32.9 Å². The smallest absolute Gasteiger partial charge is 0.433 e. The van der Waals surface area contributed by atoms with Gasteiger partial charge in [-0.3, -0.25) is 0 Å². The molecular weight excluding hydrogens is 547 g/mol. The molecule has 0 spiro atoms. The molecule has 0 atom stereocenters. The van der Waals surface area contributed by atoms with Crippen LogP contribution in [0, 0.1) is 0 Å². The summed E-state index contributed by atoms with van der Waals surface area (Å²) in [6.07, 6.45) is -0.601. The summed E-state index contributed by atoms with van der Waals surface area (Å²) >= 11 is 0. The van der Waals surface area contributed by atoms with Crippen molar-refractivity contribution in [3.63, 3.8) is 0 Å². The molecule has 1 aliphatic heterocycles. The van der Waals surface area contributed by atoms with Crippen LogP contribution in [0.25, 0.3) is 17.0 Å². The van der Waals surface area contributed by atoms with Gasteiger partial charge in [0.1, 0.15) is 18.1 Å². The summed E-state index contributed by atoms with van der Waals surface area (Å²) in [5, 5.41) is 9.22. The van der Waals surface area contributed by atoms with Crippen molar-refractivity contribution in [3.8, 4) is 5.75 Å². The normalized spacial score (nSPS) is 13.9. The highest BCUT2D eigenvalue weighted by atomic mass is 32.2. The van der Waals surface area contributed by atoms with Crippen molar-refractivity contribution in [2.75, 3.05) is 30.9 Å². The summed E-state index contributed by atoms with van der Waals surface area (Å²) in [5.74, 6) is -0.797. The SMILES string of the molecule is CN1CCOc2ccc(C=CCS(=O)(=O)n3c(Cc4ccc(C(=O)O)cc4)cc4cc(C(F)(F)F)ncc43)cc21. The zero-order valence-corrected chi connectivity index (χ0v) is 22.0. The quantitative estimate of drug-likeness (QED) is 0.331. The molecule has 0 unspecified atom stereocenters. The number of hydrogen-bond acceptors (Lipinski definition) is 6. The summed E-state index contributed by atoms with van der Waals surface area (Å²) in [6, 6.07) is 13.5. The first-order valence-corrected chi connectivity index (χ1v) is 13.8. The van der Waals surface area contributed by atoms with Crippen LogP contribution in [0.4, 0.5) is 18.9 Å². The average Bonchev–Trinajstić information content (AvgIpc) is 3.27. The summed E-state index contributed by atoms with van der Waals surface area (Å²) in [5.41, 5.74) is 1.40. The number of ether oxygens (including phenoxy) is 1. The van der Waals surface area contributed by atoms with Crippen molar-refractivity contribution in [3.05, 3.63) is 94.9 Å². The van der Waals surface area contributed by atoms with Gasteiger partial charge in [0.05, 0.1) is 35.3 Å². The zero-order chi connectivity index (χ0) is 28.7. The summed E-state index contributed by atoms with van der Waals surface area (Å²) in [6.45, 7) is 1.30. The first kappa shape index (κ1) is 27.3. The molecule has 1 N–H and O–H groups in total. The maximum absolute atomic E-state index is 13.6. The fourth-order valence-electron chi connectivity index (χ4n) is 4.57. The molecule has 5 rings (SSSR count). The monoisotopic (exact) mass is 571 g/mol. The molecule has 2 aromatic heterocycles. The minimum atomic E-state index is -4.70. The Labute approximate surface area is 228 Å². The highest BCUT2D eigenvalue weighted by Gasteiger charge is 2.33.